The van der Waals surface area contributed by atoms with Gasteiger partial charge in [0.2, 0.25) is 0 Å². The van der Waals surface area contributed by atoms with Crippen LogP contribution < -0.4 is 10.9 Å². The monoisotopic (exact) mass is 336 g/mol. The average molecular weight is 336 g/mol. The molecule has 2 N–H and O–H groups in total. The third-order valence-corrected chi connectivity index (χ3v) is 5.40. The van der Waals surface area contributed by atoms with E-state index in [-0.39, 0.29) is 17.5 Å². The topological polar surface area (TPSA) is 92.2 Å². The molecule has 0 saturated carbocycles. The van der Waals surface area contributed by atoms with Crippen LogP contribution in [0.25, 0.3) is 0 Å². The summed E-state index contributed by atoms with van der Waals surface area (Å²) in [6, 6.07) is 8.81. The molecule has 0 unspecified atom stereocenters. The molecule has 0 aliphatic carbocycles. The first-order chi connectivity index (χ1) is 10.9. The van der Waals surface area contributed by atoms with Crippen LogP contribution in [-0.4, -0.2) is 32.4 Å². The van der Waals surface area contributed by atoms with Crippen LogP contribution in [0.2, 0.25) is 0 Å². The second-order valence-electron chi connectivity index (χ2n) is 6.11. The van der Waals surface area contributed by atoms with E-state index in [9.17, 15) is 13.2 Å². The van der Waals surface area contributed by atoms with Crippen LogP contribution in [0.3, 0.4) is 0 Å². The maximum Gasteiger partial charge on any atom is 0.280 e. The number of hydrogen-bond acceptors (Lipinski definition) is 5. The quantitative estimate of drug-likeness (QED) is 0.881. The van der Waals surface area contributed by atoms with Gasteiger partial charge in [-0.05, 0) is 43.5 Å². The number of sulfone groups is 1. The van der Waals surface area contributed by atoms with Crippen LogP contribution in [-0.2, 0) is 16.3 Å². The molecule has 2 heterocycles. The van der Waals surface area contributed by atoms with Gasteiger partial charge in [0.05, 0.1) is 4.90 Å². The second-order valence-corrected chi connectivity index (χ2v) is 8.12. The lowest BCUT2D eigenvalue weighted by Gasteiger charge is -2.29. The Hall–Kier alpha value is -1.86. The SMILES string of the molecule is CS(=O)(=O)c1ccc(C[C@@H]2C[C@H](c3cc(=O)[nH]o3)CCN2)cc1. The van der Waals surface area contributed by atoms with E-state index < -0.39 is 9.84 Å². The molecule has 124 valence electrons. The normalized spacial score (nSPS) is 22.1. The third-order valence-electron chi connectivity index (χ3n) is 4.27. The number of rotatable bonds is 4. The fourth-order valence-corrected chi connectivity index (χ4v) is 3.71. The van der Waals surface area contributed by atoms with Gasteiger partial charge in [-0.15, -0.1) is 0 Å². The minimum absolute atomic E-state index is 0.202. The summed E-state index contributed by atoms with van der Waals surface area (Å²) in [6.45, 7) is 0.867. The van der Waals surface area contributed by atoms with Crippen molar-refractivity contribution in [2.24, 2.45) is 0 Å². The molecule has 0 radical (unpaired) electrons. The highest BCUT2D eigenvalue weighted by Crippen LogP contribution is 2.28. The molecule has 0 spiro atoms. The molecule has 7 heteroatoms. The minimum atomic E-state index is -3.16. The summed E-state index contributed by atoms with van der Waals surface area (Å²) in [4.78, 5) is 11.5. The Kier molecular flexibility index (Phi) is 4.41. The van der Waals surface area contributed by atoms with Crippen molar-refractivity contribution in [1.82, 2.24) is 10.5 Å². The lowest BCUT2D eigenvalue weighted by molar-refractivity contribution is 0.292. The lowest BCUT2D eigenvalue weighted by Crippen LogP contribution is -2.38. The molecular formula is C16H20N2O4S. The van der Waals surface area contributed by atoms with E-state index >= 15 is 0 Å². The Balaban J connectivity index is 1.67. The molecule has 3 rings (SSSR count). The zero-order valence-corrected chi connectivity index (χ0v) is 13.7. The Labute approximate surface area is 134 Å². The molecular weight excluding hydrogens is 316 g/mol. The summed E-state index contributed by atoms with van der Waals surface area (Å²) >= 11 is 0. The minimum Gasteiger partial charge on any atom is -0.383 e. The van der Waals surface area contributed by atoms with Gasteiger partial charge in [0.15, 0.2) is 9.84 Å². The van der Waals surface area contributed by atoms with E-state index in [1.165, 1.54) is 12.3 Å². The van der Waals surface area contributed by atoms with Gasteiger partial charge >= 0.3 is 0 Å². The smallest absolute Gasteiger partial charge is 0.280 e. The van der Waals surface area contributed by atoms with Crippen molar-refractivity contribution in [3.8, 4) is 0 Å². The maximum absolute atomic E-state index is 11.5. The summed E-state index contributed by atoms with van der Waals surface area (Å²) in [5.74, 6) is 0.949. The van der Waals surface area contributed by atoms with Gasteiger partial charge in [0, 0.05) is 24.3 Å². The third kappa shape index (κ3) is 3.92. The standard InChI is InChI=1S/C16H20N2O4S/c1-23(20,21)14-4-2-11(3-5-14)8-13-9-12(6-7-17-13)15-10-16(19)18-22-15/h2-5,10,12-13,17H,6-9H2,1H3,(H,18,19)/t12-,13-/m1/s1. The molecule has 1 saturated heterocycles. The Morgan fingerprint density at radius 1 is 1.26 bits per heavy atom. The van der Waals surface area contributed by atoms with Crippen LogP contribution in [0.4, 0.5) is 0 Å². The van der Waals surface area contributed by atoms with Gasteiger partial charge in [-0.1, -0.05) is 12.1 Å². The first kappa shape index (κ1) is 16.0. The Morgan fingerprint density at radius 3 is 2.61 bits per heavy atom. The van der Waals surface area contributed by atoms with E-state index in [1.807, 2.05) is 12.1 Å². The number of aromatic amines is 1. The van der Waals surface area contributed by atoms with E-state index in [0.29, 0.717) is 10.7 Å². The number of aromatic nitrogens is 1. The van der Waals surface area contributed by atoms with Crippen LogP contribution >= 0.6 is 0 Å². The van der Waals surface area contributed by atoms with E-state index in [4.69, 9.17) is 4.52 Å². The molecule has 1 aliphatic heterocycles. The van der Waals surface area contributed by atoms with Gasteiger partial charge in [-0.3, -0.25) is 4.79 Å². The van der Waals surface area contributed by atoms with Crippen molar-refractivity contribution in [2.45, 2.75) is 36.1 Å². The molecule has 6 nitrogen and oxygen atoms in total. The predicted octanol–water partition coefficient (Wildman–Crippen LogP) is 1.45. The number of hydrogen-bond donors (Lipinski definition) is 2. The van der Waals surface area contributed by atoms with Crippen LogP contribution in [0.1, 0.15) is 30.1 Å². The maximum atomic E-state index is 11.5. The second kappa shape index (κ2) is 6.33. The molecule has 23 heavy (non-hydrogen) atoms. The highest BCUT2D eigenvalue weighted by molar-refractivity contribution is 7.90. The Bertz CT molecular complexity index is 820. The van der Waals surface area contributed by atoms with Crippen molar-refractivity contribution < 1.29 is 12.9 Å². The zero-order chi connectivity index (χ0) is 16.4. The highest BCUT2D eigenvalue weighted by Gasteiger charge is 2.25. The largest absolute Gasteiger partial charge is 0.383 e. The number of nitrogens with one attached hydrogen (secondary N) is 2. The lowest BCUT2D eigenvalue weighted by atomic mass is 9.87. The molecule has 2 atom stereocenters. The summed E-state index contributed by atoms with van der Waals surface area (Å²) in [6.07, 6.45) is 3.84. The van der Waals surface area contributed by atoms with Gasteiger partial charge in [-0.2, -0.15) is 5.16 Å². The molecule has 1 aromatic carbocycles. The van der Waals surface area contributed by atoms with Crippen molar-refractivity contribution in [3.05, 3.63) is 52.0 Å². The van der Waals surface area contributed by atoms with Gasteiger partial charge < -0.3 is 9.84 Å². The number of benzene rings is 1. The van der Waals surface area contributed by atoms with Gasteiger partial charge in [0.25, 0.3) is 5.56 Å². The van der Waals surface area contributed by atoms with Crippen LogP contribution in [0.15, 0.2) is 44.5 Å². The summed E-state index contributed by atoms with van der Waals surface area (Å²) in [7, 11) is -3.16. The summed E-state index contributed by atoms with van der Waals surface area (Å²) < 4.78 is 28.2. The fourth-order valence-electron chi connectivity index (χ4n) is 3.08. The van der Waals surface area contributed by atoms with E-state index in [0.717, 1.165) is 31.4 Å². The molecule has 1 aliphatic rings. The van der Waals surface area contributed by atoms with Crippen LogP contribution in [0, 0.1) is 0 Å². The zero-order valence-electron chi connectivity index (χ0n) is 12.9. The molecule has 1 fully saturated rings. The van der Waals surface area contributed by atoms with Crippen molar-refractivity contribution >= 4 is 9.84 Å². The van der Waals surface area contributed by atoms with Crippen LogP contribution in [0.5, 0.6) is 0 Å². The van der Waals surface area contributed by atoms with Gasteiger partial charge in [0.1, 0.15) is 5.76 Å². The van der Waals surface area contributed by atoms with Crippen molar-refractivity contribution in [1.29, 1.82) is 0 Å². The summed E-state index contributed by atoms with van der Waals surface area (Å²) in [5.41, 5.74) is 0.887. The predicted molar refractivity (Wildman–Crippen MR) is 86.4 cm³/mol. The summed E-state index contributed by atoms with van der Waals surface area (Å²) in [5, 5.41) is 5.81. The van der Waals surface area contributed by atoms with Crippen molar-refractivity contribution in [2.75, 3.05) is 12.8 Å². The fraction of sp³-hybridized carbons (Fsp3) is 0.438. The van der Waals surface area contributed by atoms with Crippen molar-refractivity contribution in [3.63, 3.8) is 0 Å². The van der Waals surface area contributed by atoms with E-state index in [1.54, 1.807) is 12.1 Å². The Morgan fingerprint density at radius 2 is 2.00 bits per heavy atom. The molecule has 0 amide bonds. The molecule has 2 aromatic rings. The number of H-pyrrole nitrogens is 1. The molecule has 1 aromatic heterocycles. The highest BCUT2D eigenvalue weighted by atomic mass is 32.2. The molecule has 0 bridgehead atoms. The first-order valence-electron chi connectivity index (χ1n) is 7.62. The van der Waals surface area contributed by atoms with Gasteiger partial charge in [-0.25, -0.2) is 8.42 Å². The number of piperidine rings is 1. The average Bonchev–Trinajstić information content (AvgIpc) is 2.94. The first-order valence-corrected chi connectivity index (χ1v) is 9.52. The van der Waals surface area contributed by atoms with E-state index in [2.05, 4.69) is 10.5 Å².